The number of urea groups is 1. The molecule has 1 heterocycles. The minimum Gasteiger partial charge on any atom is -0.491 e. The Balaban J connectivity index is 1.81. The fourth-order valence-corrected chi connectivity index (χ4v) is 2.53. The van der Waals surface area contributed by atoms with Gasteiger partial charge in [-0.25, -0.2) is 4.79 Å². The molecule has 0 spiro atoms. The van der Waals surface area contributed by atoms with Gasteiger partial charge in [0, 0.05) is 20.2 Å². The van der Waals surface area contributed by atoms with E-state index in [1.807, 2.05) is 24.3 Å². The number of benzene rings is 1. The number of nitrogens with one attached hydrogen (secondary N) is 1. The smallest absolute Gasteiger partial charge is 0.318 e. The Labute approximate surface area is 135 Å². The van der Waals surface area contributed by atoms with Crippen molar-refractivity contribution in [1.29, 1.82) is 0 Å². The lowest BCUT2D eigenvalue weighted by Crippen LogP contribution is -2.47. The van der Waals surface area contributed by atoms with E-state index < -0.39 is 11.9 Å². The Hall–Kier alpha value is -2.28. The Bertz CT molecular complexity index is 533. The van der Waals surface area contributed by atoms with Crippen molar-refractivity contribution in [2.75, 3.05) is 26.9 Å². The normalized spacial score (nSPS) is 17.1. The summed E-state index contributed by atoms with van der Waals surface area (Å²) in [6.45, 7) is 1.98. The fraction of sp³-hybridized carbons (Fsp3) is 0.500. The summed E-state index contributed by atoms with van der Waals surface area (Å²) in [7, 11) is 1.62. The first-order valence-electron chi connectivity index (χ1n) is 7.66. The summed E-state index contributed by atoms with van der Waals surface area (Å²) < 4.78 is 10.4. The lowest BCUT2D eigenvalue weighted by atomic mass is 10.2. The van der Waals surface area contributed by atoms with Gasteiger partial charge >= 0.3 is 6.03 Å². The third kappa shape index (κ3) is 4.85. The van der Waals surface area contributed by atoms with Crippen molar-refractivity contribution in [3.63, 3.8) is 0 Å². The van der Waals surface area contributed by atoms with Crippen molar-refractivity contribution >= 4 is 11.9 Å². The Morgan fingerprint density at radius 2 is 2.04 bits per heavy atom. The van der Waals surface area contributed by atoms with E-state index in [1.165, 1.54) is 4.90 Å². The number of carbonyl (C=O) groups is 2. The molecule has 7 heteroatoms. The molecule has 3 N–H and O–H groups in total. The van der Waals surface area contributed by atoms with Crippen molar-refractivity contribution in [2.45, 2.75) is 25.4 Å². The lowest BCUT2D eigenvalue weighted by molar-refractivity contribution is -0.121. The van der Waals surface area contributed by atoms with Gasteiger partial charge in [0.1, 0.15) is 18.4 Å². The fourth-order valence-electron chi connectivity index (χ4n) is 2.53. The second-order valence-corrected chi connectivity index (χ2v) is 5.40. The van der Waals surface area contributed by atoms with E-state index in [9.17, 15) is 9.59 Å². The van der Waals surface area contributed by atoms with Crippen molar-refractivity contribution in [3.05, 3.63) is 29.8 Å². The Morgan fingerprint density at radius 1 is 1.30 bits per heavy atom. The largest absolute Gasteiger partial charge is 0.491 e. The van der Waals surface area contributed by atoms with Gasteiger partial charge in [-0.05, 0) is 30.5 Å². The predicted octanol–water partition coefficient (Wildman–Crippen LogP) is 0.871. The molecule has 1 aliphatic rings. The molecule has 0 unspecified atom stereocenters. The van der Waals surface area contributed by atoms with Crippen molar-refractivity contribution < 1.29 is 19.1 Å². The molecule has 0 bridgehead atoms. The van der Waals surface area contributed by atoms with Crippen LogP contribution in [0.15, 0.2) is 24.3 Å². The third-order valence-corrected chi connectivity index (χ3v) is 3.77. The molecule has 3 amide bonds. The van der Waals surface area contributed by atoms with E-state index in [2.05, 4.69) is 5.32 Å². The number of primary amides is 1. The average Bonchev–Trinajstić information content (AvgIpc) is 3.04. The van der Waals surface area contributed by atoms with Crippen molar-refractivity contribution in [3.8, 4) is 5.75 Å². The van der Waals surface area contributed by atoms with Crippen LogP contribution in [0, 0.1) is 0 Å². The maximum atomic E-state index is 12.1. The van der Waals surface area contributed by atoms with Crippen molar-refractivity contribution in [1.82, 2.24) is 10.2 Å². The first kappa shape index (κ1) is 17.1. The molecule has 0 radical (unpaired) electrons. The topological polar surface area (TPSA) is 93.9 Å². The molecule has 7 nitrogen and oxygen atoms in total. The molecule has 1 aromatic carbocycles. The zero-order chi connectivity index (χ0) is 16.7. The molecule has 23 heavy (non-hydrogen) atoms. The van der Waals surface area contributed by atoms with Crippen LogP contribution in [0.25, 0.3) is 0 Å². The monoisotopic (exact) mass is 321 g/mol. The number of nitrogens with zero attached hydrogens (tertiary/aromatic N) is 1. The second kappa shape index (κ2) is 8.38. The van der Waals surface area contributed by atoms with E-state index in [1.54, 1.807) is 7.11 Å². The highest BCUT2D eigenvalue weighted by atomic mass is 16.5. The van der Waals surface area contributed by atoms with Gasteiger partial charge in [-0.2, -0.15) is 0 Å². The number of hydrogen-bond donors (Lipinski definition) is 2. The number of likely N-dealkylation sites (tertiary alicyclic amines) is 1. The molecule has 1 aromatic rings. The molecule has 126 valence electrons. The molecule has 0 aromatic heterocycles. The van der Waals surface area contributed by atoms with E-state index in [4.69, 9.17) is 15.2 Å². The molecule has 1 aliphatic heterocycles. The maximum Gasteiger partial charge on any atom is 0.318 e. The van der Waals surface area contributed by atoms with Gasteiger partial charge in [-0.3, -0.25) is 4.79 Å². The Kier molecular flexibility index (Phi) is 6.22. The molecular weight excluding hydrogens is 298 g/mol. The van der Waals surface area contributed by atoms with E-state index in [0.717, 1.165) is 17.7 Å². The Morgan fingerprint density at radius 3 is 2.70 bits per heavy atom. The molecule has 1 saturated heterocycles. The van der Waals surface area contributed by atoms with Crippen molar-refractivity contribution in [2.24, 2.45) is 5.73 Å². The van der Waals surface area contributed by atoms with Crippen LogP contribution in [0.5, 0.6) is 5.75 Å². The SMILES string of the molecule is COCCOc1ccc(CNC(=O)N2CCC[C@@H]2C(N)=O)cc1. The van der Waals surface area contributed by atoms with Gasteiger partial charge in [0.2, 0.25) is 5.91 Å². The quantitative estimate of drug-likeness (QED) is 0.729. The molecular formula is C16H23N3O4. The minimum absolute atomic E-state index is 0.258. The van der Waals surface area contributed by atoms with Crippen LogP contribution >= 0.6 is 0 Å². The number of ether oxygens (including phenoxy) is 2. The maximum absolute atomic E-state index is 12.1. The highest BCUT2D eigenvalue weighted by Gasteiger charge is 2.32. The van der Waals surface area contributed by atoms with E-state index in [0.29, 0.717) is 32.7 Å². The van der Waals surface area contributed by atoms with E-state index >= 15 is 0 Å². The first-order valence-corrected chi connectivity index (χ1v) is 7.66. The standard InChI is InChI=1S/C16H23N3O4/c1-22-9-10-23-13-6-4-12(5-7-13)11-18-16(21)19-8-2-3-14(19)15(17)20/h4-7,14H,2-3,8-11H2,1H3,(H2,17,20)(H,18,21)/t14-/m1/s1. The predicted molar refractivity (Wildman–Crippen MR) is 85.0 cm³/mol. The molecule has 1 fully saturated rings. The first-order chi connectivity index (χ1) is 11.1. The summed E-state index contributed by atoms with van der Waals surface area (Å²) in [5.41, 5.74) is 6.27. The summed E-state index contributed by atoms with van der Waals surface area (Å²) in [6.07, 6.45) is 1.44. The number of amides is 3. The van der Waals surface area contributed by atoms with Crippen LogP contribution in [-0.4, -0.2) is 49.7 Å². The summed E-state index contributed by atoms with van der Waals surface area (Å²) >= 11 is 0. The van der Waals surface area contributed by atoms with Gasteiger partial charge in [0.25, 0.3) is 0 Å². The second-order valence-electron chi connectivity index (χ2n) is 5.40. The summed E-state index contributed by atoms with van der Waals surface area (Å²) in [6, 6.07) is 6.72. The van der Waals surface area contributed by atoms with Crippen LogP contribution in [-0.2, 0) is 16.1 Å². The number of hydrogen-bond acceptors (Lipinski definition) is 4. The highest BCUT2D eigenvalue weighted by Crippen LogP contribution is 2.17. The van der Waals surface area contributed by atoms with E-state index in [-0.39, 0.29) is 6.03 Å². The minimum atomic E-state index is -0.494. The molecule has 0 saturated carbocycles. The van der Waals surface area contributed by atoms with Crippen LogP contribution in [0.1, 0.15) is 18.4 Å². The number of methoxy groups -OCH3 is 1. The van der Waals surface area contributed by atoms with Gasteiger partial charge < -0.3 is 25.4 Å². The zero-order valence-electron chi connectivity index (χ0n) is 13.3. The number of rotatable bonds is 7. The summed E-state index contributed by atoms with van der Waals surface area (Å²) in [5.74, 6) is 0.306. The lowest BCUT2D eigenvalue weighted by Gasteiger charge is -2.22. The molecule has 1 atom stereocenters. The highest BCUT2D eigenvalue weighted by molar-refractivity contribution is 5.86. The van der Waals surface area contributed by atoms with Gasteiger partial charge in [0.05, 0.1) is 6.61 Å². The van der Waals surface area contributed by atoms with Crippen LogP contribution in [0.4, 0.5) is 4.79 Å². The average molecular weight is 321 g/mol. The molecule has 0 aliphatic carbocycles. The summed E-state index contributed by atoms with van der Waals surface area (Å²) in [5, 5.41) is 2.82. The number of nitrogens with two attached hydrogens (primary N) is 1. The van der Waals surface area contributed by atoms with Crippen LogP contribution in [0.2, 0.25) is 0 Å². The molecule has 2 rings (SSSR count). The van der Waals surface area contributed by atoms with Gasteiger partial charge in [0.15, 0.2) is 0 Å². The van der Waals surface area contributed by atoms with Crippen LogP contribution in [0.3, 0.4) is 0 Å². The third-order valence-electron chi connectivity index (χ3n) is 3.77. The number of carbonyl (C=O) groups excluding carboxylic acids is 2. The van der Waals surface area contributed by atoms with Gasteiger partial charge in [-0.1, -0.05) is 12.1 Å². The zero-order valence-corrected chi connectivity index (χ0v) is 13.3. The van der Waals surface area contributed by atoms with Gasteiger partial charge in [-0.15, -0.1) is 0 Å². The van der Waals surface area contributed by atoms with Crippen LogP contribution < -0.4 is 15.8 Å². The summed E-state index contributed by atoms with van der Waals surface area (Å²) in [4.78, 5) is 25.0.